The van der Waals surface area contributed by atoms with Crippen LogP contribution in [0, 0.1) is 15.5 Å². The molecular weight excluding hydrogens is 455 g/mol. The fraction of sp³-hybridized carbons (Fsp3) is 0.391. The van der Waals surface area contributed by atoms with Gasteiger partial charge in [0.1, 0.15) is 0 Å². The second kappa shape index (κ2) is 9.32. The number of carbonyl (C=O) groups is 1. The Morgan fingerprint density at radius 1 is 1.21 bits per heavy atom. The highest BCUT2D eigenvalue weighted by molar-refractivity contribution is 5.62. The number of hydrogen-bond donors (Lipinski definition) is 0. The maximum atomic E-state index is 12.8. The van der Waals surface area contributed by atoms with E-state index >= 15 is 0 Å². The van der Waals surface area contributed by atoms with E-state index < -0.39 is 33.8 Å². The number of ether oxygens (including phenoxy) is 2. The average molecular weight is 479 g/mol. The molecule has 1 atom stereocenters. The molecule has 0 aliphatic heterocycles. The van der Waals surface area contributed by atoms with Crippen molar-refractivity contribution in [2.75, 3.05) is 6.61 Å². The van der Waals surface area contributed by atoms with Crippen LogP contribution in [0.25, 0.3) is 11.3 Å². The Labute approximate surface area is 193 Å². The molecule has 1 aromatic carbocycles. The maximum Gasteiger partial charge on any atom is 0.509 e. The molecule has 1 aliphatic carbocycles. The van der Waals surface area contributed by atoms with Crippen molar-refractivity contribution < 1.29 is 32.4 Å². The summed E-state index contributed by atoms with van der Waals surface area (Å²) in [5.74, 6) is 0. The molecule has 0 saturated carbocycles. The second-order valence-corrected chi connectivity index (χ2v) is 8.45. The van der Waals surface area contributed by atoms with E-state index in [1.807, 2.05) is 6.92 Å². The number of halogens is 3. The van der Waals surface area contributed by atoms with Gasteiger partial charge in [-0.15, -0.1) is 0 Å². The summed E-state index contributed by atoms with van der Waals surface area (Å²) in [7, 11) is 0. The molecule has 182 valence electrons. The third kappa shape index (κ3) is 5.29. The fourth-order valence-corrected chi connectivity index (χ4v) is 3.58. The molecule has 0 bridgehead atoms. The first-order valence-corrected chi connectivity index (χ1v) is 10.5. The zero-order valence-corrected chi connectivity index (χ0v) is 18.8. The Morgan fingerprint density at radius 3 is 2.44 bits per heavy atom. The molecule has 0 fully saturated rings. The van der Waals surface area contributed by atoms with Crippen molar-refractivity contribution in [1.82, 2.24) is 9.78 Å². The van der Waals surface area contributed by atoms with Crippen molar-refractivity contribution in [1.29, 1.82) is 0 Å². The number of alkyl halides is 3. The third-order valence-electron chi connectivity index (χ3n) is 5.57. The van der Waals surface area contributed by atoms with Gasteiger partial charge in [0, 0.05) is 29.3 Å². The van der Waals surface area contributed by atoms with Gasteiger partial charge in [-0.25, -0.2) is 4.79 Å². The Kier molecular flexibility index (Phi) is 6.85. The smallest absolute Gasteiger partial charge is 0.434 e. The van der Waals surface area contributed by atoms with Crippen LogP contribution in [0.1, 0.15) is 32.8 Å². The van der Waals surface area contributed by atoms with Gasteiger partial charge in [-0.2, -0.15) is 18.3 Å². The standard InChI is InChI=1S/C23H24F3N3O5/c1-4-13-33-20(30)34-22(11-9-18(29(31)32)14-21(22,2)3)15-28-12-10-19(27-28)16-5-7-17(8-6-16)23(24,25)26/h5-12,14H,4,13,15H2,1-3H3. The predicted molar refractivity (Wildman–Crippen MR) is 116 cm³/mol. The summed E-state index contributed by atoms with van der Waals surface area (Å²) in [5.41, 5.74) is -2.42. The minimum Gasteiger partial charge on any atom is -0.434 e. The van der Waals surface area contributed by atoms with Gasteiger partial charge in [0.05, 0.1) is 29.3 Å². The van der Waals surface area contributed by atoms with E-state index in [4.69, 9.17) is 9.47 Å². The van der Waals surface area contributed by atoms with Gasteiger partial charge >= 0.3 is 12.3 Å². The Morgan fingerprint density at radius 2 is 1.88 bits per heavy atom. The quantitative estimate of drug-likeness (QED) is 0.290. The van der Waals surface area contributed by atoms with E-state index in [0.29, 0.717) is 17.7 Å². The first-order valence-electron chi connectivity index (χ1n) is 10.5. The van der Waals surface area contributed by atoms with Crippen LogP contribution in [-0.2, 0) is 22.2 Å². The van der Waals surface area contributed by atoms with Gasteiger partial charge in [-0.1, -0.05) is 32.9 Å². The van der Waals surface area contributed by atoms with Gasteiger partial charge in [0.15, 0.2) is 5.60 Å². The van der Waals surface area contributed by atoms with E-state index in [-0.39, 0.29) is 18.8 Å². The van der Waals surface area contributed by atoms with Crippen molar-refractivity contribution >= 4 is 6.16 Å². The summed E-state index contributed by atoms with van der Waals surface area (Å²) < 4.78 is 50.7. The monoisotopic (exact) mass is 479 g/mol. The molecule has 34 heavy (non-hydrogen) atoms. The second-order valence-electron chi connectivity index (χ2n) is 8.45. The van der Waals surface area contributed by atoms with Crippen molar-refractivity contribution in [3.8, 4) is 11.3 Å². The van der Waals surface area contributed by atoms with E-state index in [2.05, 4.69) is 5.10 Å². The van der Waals surface area contributed by atoms with E-state index in [0.717, 1.165) is 12.1 Å². The first kappa shape index (κ1) is 25.0. The minimum atomic E-state index is -4.44. The van der Waals surface area contributed by atoms with Gasteiger partial charge < -0.3 is 9.47 Å². The Bertz CT molecular complexity index is 1120. The van der Waals surface area contributed by atoms with Crippen LogP contribution in [0.5, 0.6) is 0 Å². The fourth-order valence-electron chi connectivity index (χ4n) is 3.58. The number of nitrogens with zero attached hydrogens (tertiary/aromatic N) is 3. The molecule has 2 aromatic rings. The molecule has 0 amide bonds. The highest BCUT2D eigenvalue weighted by Crippen LogP contribution is 2.43. The van der Waals surface area contributed by atoms with Crippen LogP contribution in [0.2, 0.25) is 0 Å². The highest BCUT2D eigenvalue weighted by atomic mass is 19.4. The molecule has 1 unspecified atom stereocenters. The van der Waals surface area contributed by atoms with Gasteiger partial charge in [0.2, 0.25) is 0 Å². The van der Waals surface area contributed by atoms with Crippen LogP contribution >= 0.6 is 0 Å². The topological polar surface area (TPSA) is 96.5 Å². The number of hydrogen-bond acceptors (Lipinski definition) is 6. The zero-order valence-electron chi connectivity index (χ0n) is 18.8. The molecule has 11 heteroatoms. The number of allylic oxidation sites excluding steroid dienone is 1. The average Bonchev–Trinajstić information content (AvgIpc) is 3.21. The van der Waals surface area contributed by atoms with Crippen molar-refractivity contribution in [3.63, 3.8) is 0 Å². The van der Waals surface area contributed by atoms with Crippen molar-refractivity contribution in [2.45, 2.75) is 45.5 Å². The molecule has 1 aromatic heterocycles. The molecule has 0 N–H and O–H groups in total. The summed E-state index contributed by atoms with van der Waals surface area (Å²) in [6.45, 7) is 5.33. The van der Waals surface area contributed by atoms with Crippen LogP contribution in [-0.4, -0.2) is 33.1 Å². The zero-order chi connectivity index (χ0) is 25.1. The van der Waals surface area contributed by atoms with E-state index in [9.17, 15) is 28.1 Å². The van der Waals surface area contributed by atoms with Crippen molar-refractivity contribution in [3.05, 3.63) is 76.1 Å². The van der Waals surface area contributed by atoms with Crippen LogP contribution in [0.4, 0.5) is 18.0 Å². The first-order chi connectivity index (χ1) is 15.9. The molecule has 3 rings (SSSR count). The van der Waals surface area contributed by atoms with Gasteiger partial charge in [-0.05, 0) is 30.7 Å². The van der Waals surface area contributed by atoms with Crippen molar-refractivity contribution in [2.24, 2.45) is 5.41 Å². The SMILES string of the molecule is CCCOC(=O)OC1(Cn2ccc(-c3ccc(C(F)(F)F)cc3)n2)C=CC([N+](=O)[O-])=CC1(C)C. The van der Waals surface area contributed by atoms with E-state index in [1.165, 1.54) is 35.0 Å². The summed E-state index contributed by atoms with van der Waals surface area (Å²) >= 11 is 0. The lowest BCUT2D eigenvalue weighted by Gasteiger charge is -2.42. The molecule has 1 aliphatic rings. The molecular formula is C23H24F3N3O5. The molecule has 8 nitrogen and oxygen atoms in total. The highest BCUT2D eigenvalue weighted by Gasteiger charge is 2.50. The lowest BCUT2D eigenvalue weighted by Crippen LogP contribution is -2.51. The number of carbonyl (C=O) groups excluding carboxylic acids is 1. The van der Waals surface area contributed by atoms with Crippen LogP contribution in [0.3, 0.4) is 0 Å². The number of aromatic nitrogens is 2. The van der Waals surface area contributed by atoms with Gasteiger partial charge in [0.25, 0.3) is 5.70 Å². The minimum absolute atomic E-state index is 0.0140. The molecule has 0 radical (unpaired) electrons. The van der Waals surface area contributed by atoms with Gasteiger partial charge in [-0.3, -0.25) is 14.8 Å². The number of nitro groups is 1. The summed E-state index contributed by atoms with van der Waals surface area (Å²) in [6, 6.07) is 6.20. The summed E-state index contributed by atoms with van der Waals surface area (Å²) in [6.07, 6.45) is 0.918. The number of benzene rings is 1. The normalized spacial score (nSPS) is 19.4. The van der Waals surface area contributed by atoms with Crippen LogP contribution in [0.15, 0.2) is 60.5 Å². The maximum absolute atomic E-state index is 12.8. The lowest BCUT2D eigenvalue weighted by atomic mass is 9.71. The summed E-state index contributed by atoms with van der Waals surface area (Å²) in [5, 5.41) is 15.7. The summed E-state index contributed by atoms with van der Waals surface area (Å²) in [4.78, 5) is 23.1. The Balaban J connectivity index is 1.91. The molecule has 1 heterocycles. The largest absolute Gasteiger partial charge is 0.509 e. The molecule has 0 saturated heterocycles. The number of rotatable bonds is 7. The lowest BCUT2D eigenvalue weighted by molar-refractivity contribution is -0.420. The predicted octanol–water partition coefficient (Wildman–Crippen LogP) is 5.63. The third-order valence-corrected chi connectivity index (χ3v) is 5.57. The molecule has 0 spiro atoms. The van der Waals surface area contributed by atoms with E-state index in [1.54, 1.807) is 26.1 Å². The van der Waals surface area contributed by atoms with Crippen LogP contribution < -0.4 is 0 Å². The Hall–Kier alpha value is -3.63.